The highest BCUT2D eigenvalue weighted by atomic mass is 19.1. The van der Waals surface area contributed by atoms with Gasteiger partial charge in [-0.1, -0.05) is 6.07 Å². The van der Waals surface area contributed by atoms with Gasteiger partial charge in [-0.3, -0.25) is 0 Å². The number of aryl methyl sites for hydroxylation is 1. The molecule has 0 aromatic heterocycles. The molecule has 0 aliphatic heterocycles. The second kappa shape index (κ2) is 4.23. The van der Waals surface area contributed by atoms with E-state index in [1.54, 1.807) is 19.1 Å². The minimum absolute atomic E-state index is 0.0814. The molecule has 0 bridgehead atoms. The van der Waals surface area contributed by atoms with Crippen LogP contribution in [0.1, 0.15) is 12.5 Å². The van der Waals surface area contributed by atoms with E-state index in [1.165, 1.54) is 6.07 Å². The van der Waals surface area contributed by atoms with E-state index in [4.69, 9.17) is 10.5 Å². The Labute approximate surface area is 77.5 Å². The van der Waals surface area contributed by atoms with Crippen LogP contribution in [0.25, 0.3) is 0 Å². The molecule has 0 saturated heterocycles. The Hall–Kier alpha value is -1.09. The van der Waals surface area contributed by atoms with E-state index in [-0.39, 0.29) is 11.9 Å². The molecule has 1 rings (SSSR count). The van der Waals surface area contributed by atoms with Gasteiger partial charge in [0.2, 0.25) is 0 Å². The molecule has 2 nitrogen and oxygen atoms in total. The third-order valence-electron chi connectivity index (χ3n) is 1.81. The molecule has 1 atom stereocenters. The van der Waals surface area contributed by atoms with Gasteiger partial charge in [0.25, 0.3) is 0 Å². The highest BCUT2D eigenvalue weighted by molar-refractivity contribution is 5.28. The summed E-state index contributed by atoms with van der Waals surface area (Å²) in [5.41, 5.74) is 5.99. The van der Waals surface area contributed by atoms with Crippen molar-refractivity contribution >= 4 is 0 Å². The molecule has 0 spiro atoms. The number of benzene rings is 1. The third-order valence-corrected chi connectivity index (χ3v) is 1.81. The van der Waals surface area contributed by atoms with Crippen LogP contribution in [0, 0.1) is 12.7 Å². The van der Waals surface area contributed by atoms with Crippen molar-refractivity contribution < 1.29 is 9.13 Å². The quantitative estimate of drug-likeness (QED) is 0.776. The second-order valence-corrected chi connectivity index (χ2v) is 3.08. The Bertz CT molecular complexity index is 288. The lowest BCUT2D eigenvalue weighted by molar-refractivity contribution is 0.229. The molecular weight excluding hydrogens is 169 g/mol. The van der Waals surface area contributed by atoms with E-state index < -0.39 is 0 Å². The number of halogens is 1. The fourth-order valence-corrected chi connectivity index (χ4v) is 0.927. The molecule has 2 N–H and O–H groups in total. The largest absolute Gasteiger partial charge is 0.489 e. The smallest absolute Gasteiger partial charge is 0.129 e. The van der Waals surface area contributed by atoms with Crippen LogP contribution in [0.4, 0.5) is 4.39 Å². The van der Waals surface area contributed by atoms with Crippen LogP contribution in [-0.2, 0) is 0 Å². The van der Waals surface area contributed by atoms with Crippen molar-refractivity contribution in [2.24, 2.45) is 5.73 Å². The van der Waals surface area contributed by atoms with Crippen molar-refractivity contribution in [2.75, 3.05) is 6.54 Å². The van der Waals surface area contributed by atoms with Gasteiger partial charge < -0.3 is 10.5 Å². The molecule has 0 aliphatic carbocycles. The van der Waals surface area contributed by atoms with Gasteiger partial charge in [-0.05, 0) is 25.5 Å². The topological polar surface area (TPSA) is 35.2 Å². The molecular formula is C10H14FNO. The van der Waals surface area contributed by atoms with E-state index in [1.807, 2.05) is 6.92 Å². The van der Waals surface area contributed by atoms with Gasteiger partial charge in [-0.2, -0.15) is 0 Å². The summed E-state index contributed by atoms with van der Waals surface area (Å²) in [6.45, 7) is 3.98. The summed E-state index contributed by atoms with van der Waals surface area (Å²) in [6, 6.07) is 4.81. The van der Waals surface area contributed by atoms with Crippen LogP contribution < -0.4 is 10.5 Å². The summed E-state index contributed by atoms with van der Waals surface area (Å²) in [5.74, 6) is 0.280. The SMILES string of the molecule is Cc1ccc(OC(C)CN)cc1F. The van der Waals surface area contributed by atoms with Gasteiger partial charge in [-0.25, -0.2) is 4.39 Å². The second-order valence-electron chi connectivity index (χ2n) is 3.08. The molecule has 1 aromatic carbocycles. The minimum atomic E-state index is -0.248. The monoisotopic (exact) mass is 183 g/mol. The van der Waals surface area contributed by atoms with Gasteiger partial charge in [0.15, 0.2) is 0 Å². The van der Waals surface area contributed by atoms with Gasteiger partial charge in [0.1, 0.15) is 17.7 Å². The Morgan fingerprint density at radius 2 is 2.23 bits per heavy atom. The lowest BCUT2D eigenvalue weighted by Crippen LogP contribution is -2.22. The van der Waals surface area contributed by atoms with E-state index in [2.05, 4.69) is 0 Å². The van der Waals surface area contributed by atoms with Gasteiger partial charge >= 0.3 is 0 Å². The average Bonchev–Trinajstić information content (AvgIpc) is 2.11. The summed E-state index contributed by atoms with van der Waals surface area (Å²) >= 11 is 0. The molecule has 3 heteroatoms. The van der Waals surface area contributed by atoms with Crippen molar-refractivity contribution in [2.45, 2.75) is 20.0 Å². The Morgan fingerprint density at radius 3 is 2.77 bits per heavy atom. The molecule has 0 radical (unpaired) electrons. The molecule has 72 valence electrons. The lowest BCUT2D eigenvalue weighted by atomic mass is 10.2. The summed E-state index contributed by atoms with van der Waals surface area (Å²) in [7, 11) is 0. The van der Waals surface area contributed by atoms with Crippen LogP contribution in [0.3, 0.4) is 0 Å². The zero-order valence-electron chi connectivity index (χ0n) is 7.88. The normalized spacial score (nSPS) is 12.6. The highest BCUT2D eigenvalue weighted by Crippen LogP contribution is 2.16. The molecule has 0 fully saturated rings. The van der Waals surface area contributed by atoms with E-state index in [0.29, 0.717) is 17.9 Å². The first kappa shape index (κ1) is 9.99. The third kappa shape index (κ3) is 2.70. The molecule has 1 unspecified atom stereocenters. The molecule has 1 aromatic rings. The van der Waals surface area contributed by atoms with Gasteiger partial charge in [-0.15, -0.1) is 0 Å². The lowest BCUT2D eigenvalue weighted by Gasteiger charge is -2.12. The Kier molecular flexibility index (Phi) is 3.25. The first-order valence-corrected chi connectivity index (χ1v) is 4.26. The first-order chi connectivity index (χ1) is 6.13. The minimum Gasteiger partial charge on any atom is -0.489 e. The number of hydrogen-bond acceptors (Lipinski definition) is 2. The zero-order valence-corrected chi connectivity index (χ0v) is 7.88. The number of rotatable bonds is 3. The highest BCUT2D eigenvalue weighted by Gasteiger charge is 2.03. The average molecular weight is 183 g/mol. The zero-order chi connectivity index (χ0) is 9.84. The number of ether oxygens (including phenoxy) is 1. The standard InChI is InChI=1S/C10H14FNO/c1-7-3-4-9(5-10(7)11)13-8(2)6-12/h3-5,8H,6,12H2,1-2H3. The fourth-order valence-electron chi connectivity index (χ4n) is 0.927. The molecule has 0 saturated carbocycles. The number of hydrogen-bond donors (Lipinski definition) is 1. The van der Waals surface area contributed by atoms with Crippen molar-refractivity contribution in [3.63, 3.8) is 0 Å². The number of nitrogens with two attached hydrogens (primary N) is 1. The predicted octanol–water partition coefficient (Wildman–Crippen LogP) is 1.86. The molecule has 0 heterocycles. The van der Waals surface area contributed by atoms with Crippen molar-refractivity contribution in [3.05, 3.63) is 29.6 Å². The molecule has 0 amide bonds. The van der Waals surface area contributed by atoms with Gasteiger partial charge in [0.05, 0.1) is 0 Å². The van der Waals surface area contributed by atoms with E-state index in [9.17, 15) is 4.39 Å². The van der Waals surface area contributed by atoms with Crippen molar-refractivity contribution in [1.29, 1.82) is 0 Å². The van der Waals surface area contributed by atoms with Crippen LogP contribution in [0.15, 0.2) is 18.2 Å². The summed E-state index contributed by atoms with van der Waals surface area (Å²) < 4.78 is 18.4. The summed E-state index contributed by atoms with van der Waals surface area (Å²) in [4.78, 5) is 0. The van der Waals surface area contributed by atoms with Crippen LogP contribution in [0.5, 0.6) is 5.75 Å². The Morgan fingerprint density at radius 1 is 1.54 bits per heavy atom. The maximum absolute atomic E-state index is 13.0. The molecule has 13 heavy (non-hydrogen) atoms. The van der Waals surface area contributed by atoms with Crippen LogP contribution >= 0.6 is 0 Å². The fraction of sp³-hybridized carbons (Fsp3) is 0.400. The first-order valence-electron chi connectivity index (χ1n) is 4.26. The van der Waals surface area contributed by atoms with Crippen LogP contribution in [-0.4, -0.2) is 12.6 Å². The van der Waals surface area contributed by atoms with E-state index >= 15 is 0 Å². The van der Waals surface area contributed by atoms with Crippen molar-refractivity contribution in [1.82, 2.24) is 0 Å². The maximum atomic E-state index is 13.0. The molecule has 0 aliphatic rings. The Balaban J connectivity index is 2.73. The summed E-state index contributed by atoms with van der Waals surface area (Å²) in [6.07, 6.45) is -0.0814. The van der Waals surface area contributed by atoms with Crippen LogP contribution in [0.2, 0.25) is 0 Å². The van der Waals surface area contributed by atoms with Gasteiger partial charge in [0, 0.05) is 12.6 Å². The van der Waals surface area contributed by atoms with E-state index in [0.717, 1.165) is 0 Å². The summed E-state index contributed by atoms with van der Waals surface area (Å²) in [5, 5.41) is 0. The predicted molar refractivity (Wildman–Crippen MR) is 50.3 cm³/mol. The maximum Gasteiger partial charge on any atom is 0.129 e. The van der Waals surface area contributed by atoms with Crippen molar-refractivity contribution in [3.8, 4) is 5.75 Å².